The third-order valence-corrected chi connectivity index (χ3v) is 3.71. The first-order valence-electron chi connectivity index (χ1n) is 7.93. The van der Waals surface area contributed by atoms with Crippen molar-refractivity contribution in [3.8, 4) is 0 Å². The molecule has 0 saturated carbocycles. The predicted molar refractivity (Wildman–Crippen MR) is 85.3 cm³/mol. The first-order chi connectivity index (χ1) is 9.70. The van der Waals surface area contributed by atoms with Gasteiger partial charge >= 0.3 is 0 Å². The lowest BCUT2D eigenvalue weighted by atomic mass is 9.97. The van der Waals surface area contributed by atoms with Gasteiger partial charge in [0, 0.05) is 18.7 Å². The van der Waals surface area contributed by atoms with E-state index in [0.29, 0.717) is 0 Å². The van der Waals surface area contributed by atoms with Gasteiger partial charge in [0.1, 0.15) is 5.82 Å². The Morgan fingerprint density at radius 2 is 2.00 bits per heavy atom. The van der Waals surface area contributed by atoms with Crippen molar-refractivity contribution in [3.63, 3.8) is 0 Å². The molecule has 20 heavy (non-hydrogen) atoms. The van der Waals surface area contributed by atoms with Crippen LogP contribution >= 0.6 is 0 Å². The second-order valence-electron chi connectivity index (χ2n) is 5.41. The number of rotatable bonds is 10. The number of pyridine rings is 1. The van der Waals surface area contributed by atoms with Crippen LogP contribution in [0.4, 0.5) is 5.82 Å². The third kappa shape index (κ3) is 5.32. The van der Waals surface area contributed by atoms with Crippen molar-refractivity contribution < 1.29 is 4.79 Å². The minimum atomic E-state index is 0.0595. The first-order valence-corrected chi connectivity index (χ1v) is 7.93. The zero-order valence-corrected chi connectivity index (χ0v) is 13.1. The van der Waals surface area contributed by atoms with Gasteiger partial charge in [0.15, 0.2) is 5.78 Å². The highest BCUT2D eigenvalue weighted by Crippen LogP contribution is 2.18. The summed E-state index contributed by atoms with van der Waals surface area (Å²) < 4.78 is 0. The summed E-state index contributed by atoms with van der Waals surface area (Å²) in [6, 6.07) is 3.71. The highest BCUT2D eigenvalue weighted by molar-refractivity contribution is 6.01. The van der Waals surface area contributed by atoms with E-state index in [0.717, 1.165) is 30.8 Å². The summed E-state index contributed by atoms with van der Waals surface area (Å²) in [5, 5.41) is 3.32. The number of anilines is 1. The maximum absolute atomic E-state index is 12.3. The molecular weight excluding hydrogens is 248 g/mol. The van der Waals surface area contributed by atoms with Crippen LogP contribution in [0.1, 0.15) is 69.7 Å². The Hall–Kier alpha value is -1.38. The van der Waals surface area contributed by atoms with Gasteiger partial charge in [-0.1, -0.05) is 46.5 Å². The molecule has 0 bridgehead atoms. The van der Waals surface area contributed by atoms with E-state index in [1.807, 2.05) is 26.0 Å². The number of aromatic nitrogens is 1. The monoisotopic (exact) mass is 276 g/mol. The van der Waals surface area contributed by atoms with Gasteiger partial charge in [-0.15, -0.1) is 0 Å². The van der Waals surface area contributed by atoms with Crippen LogP contribution in [-0.4, -0.2) is 17.3 Å². The highest BCUT2D eigenvalue weighted by Gasteiger charge is 2.17. The lowest BCUT2D eigenvalue weighted by molar-refractivity contribution is 0.0928. The van der Waals surface area contributed by atoms with Crippen LogP contribution < -0.4 is 5.32 Å². The van der Waals surface area contributed by atoms with E-state index in [9.17, 15) is 4.79 Å². The second kappa shape index (κ2) is 9.51. The van der Waals surface area contributed by atoms with E-state index < -0.39 is 0 Å². The first kappa shape index (κ1) is 16.7. The summed E-state index contributed by atoms with van der Waals surface area (Å²) in [4.78, 5) is 16.6. The second-order valence-corrected chi connectivity index (χ2v) is 5.41. The molecule has 0 aliphatic heterocycles. The summed E-state index contributed by atoms with van der Waals surface area (Å²) in [6.07, 6.45) is 8.84. The van der Waals surface area contributed by atoms with Gasteiger partial charge in [0.25, 0.3) is 0 Å². The molecule has 0 amide bonds. The van der Waals surface area contributed by atoms with Gasteiger partial charge in [0.05, 0.1) is 5.56 Å². The van der Waals surface area contributed by atoms with Gasteiger partial charge in [-0.2, -0.15) is 0 Å². The zero-order chi connectivity index (χ0) is 14.8. The minimum absolute atomic E-state index is 0.0595. The van der Waals surface area contributed by atoms with Gasteiger partial charge in [-0.25, -0.2) is 4.98 Å². The molecule has 1 rings (SSSR count). The standard InChI is InChI=1S/C17H28N2O/c1-4-6-7-8-9-12-18-17-15(11-10-13-19-17)16(20)14(3)5-2/h10-11,13-14H,4-9,12H2,1-3H3,(H,18,19). The summed E-state index contributed by atoms with van der Waals surface area (Å²) in [5.41, 5.74) is 0.732. The summed E-state index contributed by atoms with van der Waals surface area (Å²) in [7, 11) is 0. The van der Waals surface area contributed by atoms with E-state index in [2.05, 4.69) is 17.2 Å². The summed E-state index contributed by atoms with van der Waals surface area (Å²) in [5.74, 6) is 0.992. The van der Waals surface area contributed by atoms with E-state index >= 15 is 0 Å². The third-order valence-electron chi connectivity index (χ3n) is 3.71. The van der Waals surface area contributed by atoms with Gasteiger partial charge < -0.3 is 5.32 Å². The number of carbonyl (C=O) groups excluding carboxylic acids is 1. The van der Waals surface area contributed by atoms with Crippen LogP contribution in [-0.2, 0) is 0 Å². The fourth-order valence-electron chi connectivity index (χ4n) is 2.13. The van der Waals surface area contributed by atoms with Crippen LogP contribution in [0, 0.1) is 5.92 Å². The van der Waals surface area contributed by atoms with E-state index in [-0.39, 0.29) is 11.7 Å². The normalized spacial score (nSPS) is 12.2. The largest absolute Gasteiger partial charge is 0.369 e. The van der Waals surface area contributed by atoms with Gasteiger partial charge in [-0.05, 0) is 25.0 Å². The average Bonchev–Trinajstić information content (AvgIpc) is 2.49. The molecule has 0 aliphatic rings. The number of ketones is 1. The SMILES string of the molecule is CCCCCCCNc1ncccc1C(=O)C(C)CC. The minimum Gasteiger partial charge on any atom is -0.369 e. The Balaban J connectivity index is 2.51. The van der Waals surface area contributed by atoms with Crippen LogP contribution in [0.5, 0.6) is 0 Å². The Bertz CT molecular complexity index is 404. The van der Waals surface area contributed by atoms with Gasteiger partial charge in [0.2, 0.25) is 0 Å². The molecule has 0 fully saturated rings. The van der Waals surface area contributed by atoms with Crippen LogP contribution in [0.15, 0.2) is 18.3 Å². The molecule has 0 aromatic carbocycles. The number of nitrogens with one attached hydrogen (secondary N) is 1. The quantitative estimate of drug-likeness (QED) is 0.498. The molecule has 0 radical (unpaired) electrons. The molecule has 3 heteroatoms. The molecule has 0 saturated heterocycles. The number of hydrogen-bond acceptors (Lipinski definition) is 3. The molecule has 1 N–H and O–H groups in total. The molecule has 0 spiro atoms. The smallest absolute Gasteiger partial charge is 0.169 e. The molecule has 1 atom stereocenters. The summed E-state index contributed by atoms with van der Waals surface area (Å²) in [6.45, 7) is 7.13. The van der Waals surface area contributed by atoms with Crippen LogP contribution in [0.2, 0.25) is 0 Å². The average molecular weight is 276 g/mol. The lowest BCUT2D eigenvalue weighted by Gasteiger charge is -2.12. The molecule has 1 aromatic heterocycles. The van der Waals surface area contributed by atoms with E-state index in [1.165, 1.54) is 25.7 Å². The lowest BCUT2D eigenvalue weighted by Crippen LogP contribution is -2.15. The summed E-state index contributed by atoms with van der Waals surface area (Å²) >= 11 is 0. The van der Waals surface area contributed by atoms with Crippen molar-refractivity contribution in [2.75, 3.05) is 11.9 Å². The Labute approximate surface area is 123 Å². The molecule has 1 unspecified atom stereocenters. The molecule has 3 nitrogen and oxygen atoms in total. The molecule has 112 valence electrons. The number of nitrogens with zero attached hydrogens (tertiary/aromatic N) is 1. The van der Waals surface area contributed by atoms with E-state index in [4.69, 9.17) is 0 Å². The van der Waals surface area contributed by atoms with Crippen molar-refractivity contribution in [1.82, 2.24) is 4.98 Å². The van der Waals surface area contributed by atoms with Crippen LogP contribution in [0.25, 0.3) is 0 Å². The molecule has 0 aliphatic carbocycles. The van der Waals surface area contributed by atoms with Crippen molar-refractivity contribution in [1.29, 1.82) is 0 Å². The maximum atomic E-state index is 12.3. The molecule has 1 heterocycles. The Morgan fingerprint density at radius 1 is 1.25 bits per heavy atom. The Kier molecular flexibility index (Phi) is 7.93. The predicted octanol–water partition coefficient (Wildman–Crippen LogP) is 4.69. The Morgan fingerprint density at radius 3 is 2.70 bits per heavy atom. The van der Waals surface area contributed by atoms with Gasteiger partial charge in [-0.3, -0.25) is 4.79 Å². The van der Waals surface area contributed by atoms with E-state index in [1.54, 1.807) is 6.20 Å². The fourth-order valence-corrected chi connectivity index (χ4v) is 2.13. The van der Waals surface area contributed by atoms with Crippen molar-refractivity contribution in [2.24, 2.45) is 5.92 Å². The van der Waals surface area contributed by atoms with Crippen molar-refractivity contribution in [3.05, 3.63) is 23.9 Å². The number of unbranched alkanes of at least 4 members (excludes halogenated alkanes) is 4. The van der Waals surface area contributed by atoms with Crippen molar-refractivity contribution >= 4 is 11.6 Å². The molecular formula is C17H28N2O. The zero-order valence-electron chi connectivity index (χ0n) is 13.1. The molecule has 1 aromatic rings. The van der Waals surface area contributed by atoms with Crippen molar-refractivity contribution in [2.45, 2.75) is 59.3 Å². The van der Waals surface area contributed by atoms with Crippen LogP contribution in [0.3, 0.4) is 0 Å². The topological polar surface area (TPSA) is 42.0 Å². The fraction of sp³-hybridized carbons (Fsp3) is 0.647. The number of Topliss-reactive ketones (excluding diaryl/α,β-unsaturated/α-hetero) is 1. The number of hydrogen-bond donors (Lipinski definition) is 1. The highest BCUT2D eigenvalue weighted by atomic mass is 16.1. The maximum Gasteiger partial charge on any atom is 0.169 e. The number of carbonyl (C=O) groups is 1.